The van der Waals surface area contributed by atoms with Gasteiger partial charge < -0.3 is 10.0 Å². The molecule has 2 atom stereocenters. The fourth-order valence-corrected chi connectivity index (χ4v) is 4.05. The smallest absolute Gasteiger partial charge is 0.326 e. The summed E-state index contributed by atoms with van der Waals surface area (Å²) in [6, 6.07) is 6.02. The maximum atomic E-state index is 12.2. The summed E-state index contributed by atoms with van der Waals surface area (Å²) in [5.41, 5.74) is 0.512. The topological polar surface area (TPSA) is 74.7 Å². The number of hydrogen-bond acceptors (Lipinski definition) is 4. The molecule has 1 heterocycles. The zero-order valence-electron chi connectivity index (χ0n) is 12.3. The molecule has 1 aliphatic heterocycles. The van der Waals surface area contributed by atoms with Gasteiger partial charge in [0, 0.05) is 6.54 Å². The number of carboxylic acid groups (broad SMARTS) is 1. The maximum absolute atomic E-state index is 12.2. The predicted octanol–water partition coefficient (Wildman–Crippen LogP) is 2.17. The van der Waals surface area contributed by atoms with E-state index in [-0.39, 0.29) is 16.6 Å². The van der Waals surface area contributed by atoms with Gasteiger partial charge in [-0.15, -0.1) is 0 Å². The molecule has 1 aromatic carbocycles. The van der Waals surface area contributed by atoms with Crippen molar-refractivity contribution in [1.29, 1.82) is 0 Å². The van der Waals surface area contributed by atoms with Gasteiger partial charge in [0.2, 0.25) is 0 Å². The van der Waals surface area contributed by atoms with Crippen LogP contribution in [-0.4, -0.2) is 37.8 Å². The van der Waals surface area contributed by atoms with E-state index in [1.54, 1.807) is 36.1 Å². The van der Waals surface area contributed by atoms with Crippen LogP contribution in [-0.2, 0) is 14.6 Å². The maximum Gasteiger partial charge on any atom is 0.326 e. The van der Waals surface area contributed by atoms with E-state index >= 15 is 0 Å². The number of carbonyl (C=O) groups is 1. The number of piperidine rings is 1. The van der Waals surface area contributed by atoms with Gasteiger partial charge >= 0.3 is 5.97 Å². The molecule has 1 N–H and O–H groups in total. The van der Waals surface area contributed by atoms with E-state index in [0.29, 0.717) is 12.2 Å². The van der Waals surface area contributed by atoms with Gasteiger partial charge in [-0.2, -0.15) is 0 Å². The largest absolute Gasteiger partial charge is 0.480 e. The lowest BCUT2D eigenvalue weighted by atomic mass is 9.90. The first-order valence-electron chi connectivity index (χ1n) is 7.19. The molecule has 0 bridgehead atoms. The molecular formula is C15H21NO4S. The lowest BCUT2D eigenvalue weighted by molar-refractivity contribution is -0.140. The Hall–Kier alpha value is -1.56. The minimum absolute atomic E-state index is 0.00510. The number of para-hydroxylation sites is 1. The summed E-state index contributed by atoms with van der Waals surface area (Å²) >= 11 is 0. The predicted molar refractivity (Wildman–Crippen MR) is 81.3 cm³/mol. The van der Waals surface area contributed by atoms with E-state index in [1.807, 2.05) is 6.92 Å². The van der Waals surface area contributed by atoms with E-state index in [4.69, 9.17) is 0 Å². The lowest BCUT2D eigenvalue weighted by Gasteiger charge is -2.39. The van der Waals surface area contributed by atoms with Crippen LogP contribution in [0.25, 0.3) is 0 Å². The van der Waals surface area contributed by atoms with Crippen LogP contribution < -0.4 is 4.90 Å². The van der Waals surface area contributed by atoms with Gasteiger partial charge in [0.1, 0.15) is 6.04 Å². The lowest BCUT2D eigenvalue weighted by Crippen LogP contribution is -2.49. The third-order valence-electron chi connectivity index (χ3n) is 4.08. The summed E-state index contributed by atoms with van der Waals surface area (Å²) < 4.78 is 24.5. The monoisotopic (exact) mass is 311 g/mol. The second-order valence-electron chi connectivity index (χ2n) is 5.47. The summed E-state index contributed by atoms with van der Waals surface area (Å²) in [7, 11) is -3.38. The van der Waals surface area contributed by atoms with E-state index < -0.39 is 21.8 Å². The number of rotatable bonds is 4. The second-order valence-corrected chi connectivity index (χ2v) is 7.71. The molecule has 5 nitrogen and oxygen atoms in total. The molecule has 1 aromatic rings. The van der Waals surface area contributed by atoms with Crippen LogP contribution in [0.3, 0.4) is 0 Å². The minimum Gasteiger partial charge on any atom is -0.480 e. The van der Waals surface area contributed by atoms with Crippen molar-refractivity contribution >= 4 is 21.5 Å². The van der Waals surface area contributed by atoms with Gasteiger partial charge in [-0.25, -0.2) is 13.2 Å². The standard InChI is InChI=1S/C15H21NO4S/c1-3-21(19,20)13-9-5-4-8-12(13)16-10-6-7-11(2)14(16)15(17)18/h4-5,8-9,11,14H,3,6-7,10H2,1-2H3,(H,17,18). The highest BCUT2D eigenvalue weighted by atomic mass is 32.2. The molecule has 0 radical (unpaired) electrons. The Labute approximate surface area is 125 Å². The van der Waals surface area contributed by atoms with Crippen molar-refractivity contribution in [3.05, 3.63) is 24.3 Å². The Balaban J connectivity index is 2.52. The van der Waals surface area contributed by atoms with Gasteiger partial charge in [-0.05, 0) is 30.9 Å². The number of aliphatic carboxylic acids is 1. The van der Waals surface area contributed by atoms with E-state index in [0.717, 1.165) is 12.8 Å². The summed E-state index contributed by atoms with van der Waals surface area (Å²) in [4.78, 5) is 13.6. The summed E-state index contributed by atoms with van der Waals surface area (Å²) in [5, 5.41) is 9.50. The van der Waals surface area contributed by atoms with Crippen molar-refractivity contribution in [2.45, 2.75) is 37.6 Å². The zero-order chi connectivity index (χ0) is 15.6. The van der Waals surface area contributed by atoms with Crippen molar-refractivity contribution in [2.75, 3.05) is 17.2 Å². The van der Waals surface area contributed by atoms with Crippen LogP contribution in [0.5, 0.6) is 0 Å². The zero-order valence-corrected chi connectivity index (χ0v) is 13.1. The van der Waals surface area contributed by atoms with Crippen LogP contribution in [0.1, 0.15) is 26.7 Å². The van der Waals surface area contributed by atoms with Crippen molar-refractivity contribution < 1.29 is 18.3 Å². The molecule has 116 valence electrons. The van der Waals surface area contributed by atoms with E-state index in [1.165, 1.54) is 0 Å². The Kier molecular flexibility index (Phi) is 4.56. The molecule has 0 aromatic heterocycles. The van der Waals surface area contributed by atoms with Crippen LogP contribution >= 0.6 is 0 Å². The SMILES string of the molecule is CCS(=O)(=O)c1ccccc1N1CCCC(C)C1C(=O)O. The van der Waals surface area contributed by atoms with Crippen LogP contribution in [0.4, 0.5) is 5.69 Å². The molecule has 0 amide bonds. The molecule has 0 spiro atoms. The highest BCUT2D eigenvalue weighted by Crippen LogP contribution is 2.33. The molecule has 0 aliphatic carbocycles. The molecule has 6 heteroatoms. The number of anilines is 1. The minimum atomic E-state index is -3.38. The normalized spacial score (nSPS) is 23.0. The number of nitrogens with zero attached hydrogens (tertiary/aromatic N) is 1. The van der Waals surface area contributed by atoms with Crippen LogP contribution in [0.2, 0.25) is 0 Å². The molecule has 1 aliphatic rings. The molecule has 1 saturated heterocycles. The van der Waals surface area contributed by atoms with Crippen molar-refractivity contribution in [3.63, 3.8) is 0 Å². The van der Waals surface area contributed by atoms with Crippen LogP contribution in [0, 0.1) is 5.92 Å². The van der Waals surface area contributed by atoms with Gasteiger partial charge in [0.05, 0.1) is 16.3 Å². The Bertz CT molecular complexity index is 626. The third-order valence-corrected chi connectivity index (χ3v) is 5.85. The number of sulfone groups is 1. The first-order valence-corrected chi connectivity index (χ1v) is 8.85. The first-order chi connectivity index (χ1) is 9.88. The van der Waals surface area contributed by atoms with E-state index in [2.05, 4.69) is 0 Å². The summed E-state index contributed by atoms with van der Waals surface area (Å²) in [6.45, 7) is 4.07. The van der Waals surface area contributed by atoms with E-state index in [9.17, 15) is 18.3 Å². The average Bonchev–Trinajstić information content (AvgIpc) is 2.46. The number of benzene rings is 1. The fourth-order valence-electron chi connectivity index (χ4n) is 2.95. The molecule has 2 unspecified atom stereocenters. The van der Waals surface area contributed by atoms with Gasteiger partial charge in [0.25, 0.3) is 0 Å². The average molecular weight is 311 g/mol. The first kappa shape index (κ1) is 15.8. The highest BCUT2D eigenvalue weighted by molar-refractivity contribution is 7.91. The van der Waals surface area contributed by atoms with Crippen molar-refractivity contribution in [3.8, 4) is 0 Å². The highest BCUT2D eigenvalue weighted by Gasteiger charge is 2.36. The summed E-state index contributed by atoms with van der Waals surface area (Å²) in [5.74, 6) is -0.898. The fraction of sp³-hybridized carbons (Fsp3) is 0.533. The molecular weight excluding hydrogens is 290 g/mol. The molecule has 2 rings (SSSR count). The quantitative estimate of drug-likeness (QED) is 0.922. The molecule has 1 fully saturated rings. The molecule has 0 saturated carbocycles. The van der Waals surface area contributed by atoms with Gasteiger partial charge in [-0.1, -0.05) is 26.0 Å². The summed E-state index contributed by atoms with van der Waals surface area (Å²) in [6.07, 6.45) is 1.71. The second kappa shape index (κ2) is 6.05. The van der Waals surface area contributed by atoms with Crippen LogP contribution in [0.15, 0.2) is 29.2 Å². The molecule has 21 heavy (non-hydrogen) atoms. The van der Waals surface area contributed by atoms with Gasteiger partial charge in [-0.3, -0.25) is 0 Å². The third kappa shape index (κ3) is 3.05. The number of carboxylic acids is 1. The Morgan fingerprint density at radius 1 is 1.38 bits per heavy atom. The Morgan fingerprint density at radius 3 is 2.67 bits per heavy atom. The number of hydrogen-bond donors (Lipinski definition) is 1. The Morgan fingerprint density at radius 2 is 2.05 bits per heavy atom. The van der Waals surface area contributed by atoms with Crippen molar-refractivity contribution in [1.82, 2.24) is 0 Å². The van der Waals surface area contributed by atoms with Gasteiger partial charge in [0.15, 0.2) is 9.84 Å². The van der Waals surface area contributed by atoms with Crippen molar-refractivity contribution in [2.24, 2.45) is 5.92 Å².